The summed E-state index contributed by atoms with van der Waals surface area (Å²) in [5.41, 5.74) is 2.64. The third-order valence-corrected chi connectivity index (χ3v) is 4.20. The minimum absolute atomic E-state index is 0.0818. The normalized spacial score (nSPS) is 11.1. The molecule has 1 amide bonds. The van der Waals surface area contributed by atoms with E-state index in [1.165, 1.54) is 0 Å². The summed E-state index contributed by atoms with van der Waals surface area (Å²) in [6.07, 6.45) is 1.62. The fraction of sp³-hybridized carbons (Fsp3) is 0.364. The molecule has 0 atom stereocenters. The third-order valence-electron chi connectivity index (χ3n) is 4.20. The van der Waals surface area contributed by atoms with Crippen LogP contribution in [0.3, 0.4) is 0 Å². The lowest BCUT2D eigenvalue weighted by molar-refractivity contribution is 0.0963. The van der Waals surface area contributed by atoms with Crippen molar-refractivity contribution in [2.45, 2.75) is 12.8 Å². The van der Waals surface area contributed by atoms with Gasteiger partial charge < -0.3 is 25.4 Å². The number of guanidine groups is 1. The smallest absolute Gasteiger partial charge is 0.251 e. The molecule has 0 aliphatic carbocycles. The Balaban J connectivity index is 1.84. The minimum Gasteiger partial charge on any atom is -0.493 e. The zero-order chi connectivity index (χ0) is 20.9. The highest BCUT2D eigenvalue weighted by Gasteiger charge is 2.05. The van der Waals surface area contributed by atoms with Gasteiger partial charge in [-0.2, -0.15) is 0 Å². The summed E-state index contributed by atoms with van der Waals surface area (Å²) in [4.78, 5) is 16.0. The summed E-state index contributed by atoms with van der Waals surface area (Å²) in [5, 5.41) is 9.20. The Labute approximate surface area is 172 Å². The van der Waals surface area contributed by atoms with Crippen LogP contribution in [0.5, 0.6) is 5.75 Å². The topological polar surface area (TPSA) is 84.0 Å². The summed E-state index contributed by atoms with van der Waals surface area (Å²) in [7, 11) is 5.04. The fourth-order valence-corrected chi connectivity index (χ4v) is 2.71. The summed E-state index contributed by atoms with van der Waals surface area (Å²) >= 11 is 0. The van der Waals surface area contributed by atoms with E-state index in [9.17, 15) is 4.79 Å². The van der Waals surface area contributed by atoms with Gasteiger partial charge in [0.05, 0.1) is 6.61 Å². The van der Waals surface area contributed by atoms with Crippen molar-refractivity contribution in [3.63, 3.8) is 0 Å². The summed E-state index contributed by atoms with van der Waals surface area (Å²) in [6.45, 7) is 1.98. The highest BCUT2D eigenvalue weighted by Crippen LogP contribution is 2.17. The molecule has 7 heteroatoms. The molecule has 0 radical (unpaired) electrons. The van der Waals surface area contributed by atoms with Gasteiger partial charge in [-0.3, -0.25) is 9.79 Å². The van der Waals surface area contributed by atoms with Gasteiger partial charge in [-0.05, 0) is 36.2 Å². The van der Waals surface area contributed by atoms with Crippen molar-refractivity contribution in [1.82, 2.24) is 10.6 Å². The van der Waals surface area contributed by atoms with Gasteiger partial charge in [-0.25, -0.2) is 0 Å². The quantitative estimate of drug-likeness (QED) is 0.326. The first-order chi connectivity index (χ1) is 14.2. The van der Waals surface area contributed by atoms with Crippen LogP contribution in [0.1, 0.15) is 22.3 Å². The molecule has 0 bridgehead atoms. The number of carbonyl (C=O) groups is 1. The second kappa shape index (κ2) is 12.4. The maximum absolute atomic E-state index is 11.8. The van der Waals surface area contributed by atoms with E-state index >= 15 is 0 Å². The van der Waals surface area contributed by atoms with Crippen molar-refractivity contribution in [2.24, 2.45) is 4.99 Å². The van der Waals surface area contributed by atoms with E-state index in [1.807, 2.05) is 42.5 Å². The monoisotopic (exact) mass is 398 g/mol. The van der Waals surface area contributed by atoms with Crippen molar-refractivity contribution in [2.75, 3.05) is 46.3 Å². The molecule has 156 valence electrons. The average molecular weight is 399 g/mol. The highest BCUT2D eigenvalue weighted by molar-refractivity contribution is 5.94. The number of nitrogens with zero attached hydrogens (tertiary/aromatic N) is 1. The Bertz CT molecular complexity index is 808. The van der Waals surface area contributed by atoms with Gasteiger partial charge in [-0.15, -0.1) is 0 Å². The van der Waals surface area contributed by atoms with Crippen LogP contribution in [0.2, 0.25) is 0 Å². The van der Waals surface area contributed by atoms with E-state index in [4.69, 9.17) is 9.47 Å². The molecule has 0 unspecified atom stereocenters. The first-order valence-electron chi connectivity index (χ1n) is 9.66. The summed E-state index contributed by atoms with van der Waals surface area (Å²) in [6, 6.07) is 15.4. The predicted octanol–water partition coefficient (Wildman–Crippen LogP) is 2.69. The Hall–Kier alpha value is -3.06. The minimum atomic E-state index is -0.0818. The lowest BCUT2D eigenvalue weighted by Crippen LogP contribution is -2.32. The van der Waals surface area contributed by atoms with Crippen molar-refractivity contribution in [1.29, 1.82) is 0 Å². The largest absolute Gasteiger partial charge is 0.493 e. The van der Waals surface area contributed by atoms with Crippen LogP contribution < -0.4 is 20.7 Å². The van der Waals surface area contributed by atoms with Gasteiger partial charge >= 0.3 is 0 Å². The third kappa shape index (κ3) is 7.83. The zero-order valence-corrected chi connectivity index (χ0v) is 17.3. The van der Waals surface area contributed by atoms with Gasteiger partial charge in [0, 0.05) is 58.1 Å². The molecule has 29 heavy (non-hydrogen) atoms. The molecule has 0 aromatic heterocycles. The van der Waals surface area contributed by atoms with Crippen LogP contribution in [0.15, 0.2) is 53.5 Å². The molecule has 0 saturated heterocycles. The number of hydrogen-bond acceptors (Lipinski definition) is 4. The molecule has 0 heterocycles. The number of benzene rings is 2. The van der Waals surface area contributed by atoms with Crippen LogP contribution in [0, 0.1) is 0 Å². The van der Waals surface area contributed by atoms with Gasteiger partial charge in [0.2, 0.25) is 0 Å². The number of anilines is 1. The molecule has 3 N–H and O–H groups in total. The van der Waals surface area contributed by atoms with Crippen molar-refractivity contribution >= 4 is 17.6 Å². The Morgan fingerprint density at radius 2 is 1.93 bits per heavy atom. The molecule has 0 fully saturated rings. The number of amides is 1. The molecule has 2 aromatic rings. The van der Waals surface area contributed by atoms with Crippen LogP contribution in [-0.4, -0.2) is 52.8 Å². The first-order valence-corrected chi connectivity index (χ1v) is 9.66. The molecular weight excluding hydrogens is 368 g/mol. The number of nitrogens with one attached hydrogen (secondary N) is 3. The molecule has 0 spiro atoms. The van der Waals surface area contributed by atoms with E-state index in [2.05, 4.69) is 20.9 Å². The molecule has 0 saturated carbocycles. The van der Waals surface area contributed by atoms with Gasteiger partial charge in [-0.1, -0.05) is 18.2 Å². The Kier molecular flexibility index (Phi) is 9.51. The second-order valence-corrected chi connectivity index (χ2v) is 6.38. The van der Waals surface area contributed by atoms with Gasteiger partial charge in [0.1, 0.15) is 5.75 Å². The van der Waals surface area contributed by atoms with Crippen LogP contribution in [-0.2, 0) is 11.2 Å². The SMILES string of the molecule is CN=C(NCCc1cccc(C(=O)NC)c1)Nc1cccc(OCCCOC)c1. The number of methoxy groups -OCH3 is 1. The molecule has 0 aliphatic rings. The Morgan fingerprint density at radius 3 is 2.69 bits per heavy atom. The maximum atomic E-state index is 11.8. The molecule has 7 nitrogen and oxygen atoms in total. The molecule has 2 rings (SSSR count). The van der Waals surface area contributed by atoms with E-state index in [0.717, 1.165) is 29.8 Å². The van der Waals surface area contributed by atoms with E-state index in [0.29, 0.717) is 31.3 Å². The van der Waals surface area contributed by atoms with Crippen LogP contribution >= 0.6 is 0 Å². The predicted molar refractivity (Wildman–Crippen MR) is 117 cm³/mol. The van der Waals surface area contributed by atoms with Crippen LogP contribution in [0.25, 0.3) is 0 Å². The maximum Gasteiger partial charge on any atom is 0.251 e. The van der Waals surface area contributed by atoms with Crippen molar-refractivity contribution in [3.05, 3.63) is 59.7 Å². The number of carbonyl (C=O) groups excluding carboxylic acids is 1. The lowest BCUT2D eigenvalue weighted by Gasteiger charge is -2.13. The van der Waals surface area contributed by atoms with E-state index < -0.39 is 0 Å². The average Bonchev–Trinajstić information content (AvgIpc) is 2.76. The molecular formula is C22H30N4O3. The van der Waals surface area contributed by atoms with Gasteiger partial charge in [0.25, 0.3) is 5.91 Å². The fourth-order valence-electron chi connectivity index (χ4n) is 2.71. The second-order valence-electron chi connectivity index (χ2n) is 6.38. The first kappa shape index (κ1) is 22.2. The molecule has 0 aliphatic heterocycles. The zero-order valence-electron chi connectivity index (χ0n) is 17.3. The standard InChI is InChI=1S/C22H30N4O3/c1-23-21(27)18-8-4-7-17(15-18)11-12-25-22(24-2)26-19-9-5-10-20(16-19)29-14-6-13-28-3/h4-5,7-10,15-16H,6,11-14H2,1-3H3,(H,23,27)(H2,24,25,26). The number of aliphatic imine (C=N–C) groups is 1. The Morgan fingerprint density at radius 1 is 1.10 bits per heavy atom. The van der Waals surface area contributed by atoms with E-state index in [-0.39, 0.29) is 5.91 Å². The van der Waals surface area contributed by atoms with Crippen molar-refractivity contribution in [3.8, 4) is 5.75 Å². The number of rotatable bonds is 10. The summed E-state index contributed by atoms with van der Waals surface area (Å²) < 4.78 is 10.8. The highest BCUT2D eigenvalue weighted by atomic mass is 16.5. The summed E-state index contributed by atoms with van der Waals surface area (Å²) in [5.74, 6) is 1.39. The van der Waals surface area contributed by atoms with Gasteiger partial charge in [0.15, 0.2) is 5.96 Å². The van der Waals surface area contributed by atoms with Crippen LogP contribution in [0.4, 0.5) is 5.69 Å². The molecule has 2 aromatic carbocycles. The number of ether oxygens (including phenoxy) is 2. The van der Waals surface area contributed by atoms with E-state index in [1.54, 1.807) is 27.3 Å². The number of hydrogen-bond donors (Lipinski definition) is 3. The van der Waals surface area contributed by atoms with Crippen molar-refractivity contribution < 1.29 is 14.3 Å². The lowest BCUT2D eigenvalue weighted by atomic mass is 10.1.